The maximum atomic E-state index is 5.72. The summed E-state index contributed by atoms with van der Waals surface area (Å²) in [4.78, 5) is 4.41. The normalized spacial score (nSPS) is 11.2. The number of aromatic nitrogens is 2. The van der Waals surface area contributed by atoms with Gasteiger partial charge in [-0.15, -0.1) is 0 Å². The van der Waals surface area contributed by atoms with E-state index in [1.54, 1.807) is 11.8 Å². The third kappa shape index (κ3) is 4.08. The average molecular weight is 277 g/mol. The first kappa shape index (κ1) is 14.1. The van der Waals surface area contributed by atoms with E-state index >= 15 is 0 Å². The molecule has 1 aromatic carbocycles. The number of nitrogens with two attached hydrogens (primary N) is 1. The molecule has 2 aromatic rings. The Kier molecular flexibility index (Phi) is 4.99. The quantitative estimate of drug-likeness (QED) is 0.879. The summed E-state index contributed by atoms with van der Waals surface area (Å²) in [5.74, 6) is 2.21. The predicted molar refractivity (Wildman–Crippen MR) is 77.9 cm³/mol. The van der Waals surface area contributed by atoms with Crippen molar-refractivity contribution in [2.24, 2.45) is 5.73 Å². The Morgan fingerprint density at radius 1 is 1.26 bits per heavy atom. The number of rotatable bonds is 6. The Balaban J connectivity index is 2.03. The minimum absolute atomic E-state index is 0.528. The summed E-state index contributed by atoms with van der Waals surface area (Å²) in [5, 5.41) is 4.57. The molecule has 0 spiro atoms. The summed E-state index contributed by atoms with van der Waals surface area (Å²) in [6, 6.07) is 8.07. The van der Waals surface area contributed by atoms with Crippen LogP contribution in [0.5, 0.6) is 0 Å². The highest BCUT2D eigenvalue weighted by Crippen LogP contribution is 2.17. The van der Waals surface area contributed by atoms with Gasteiger partial charge in [0, 0.05) is 6.54 Å². The van der Waals surface area contributed by atoms with Crippen LogP contribution >= 0.6 is 11.8 Å². The molecule has 0 saturated heterocycles. The molecule has 0 radical (unpaired) electrons. The van der Waals surface area contributed by atoms with E-state index < -0.39 is 0 Å². The van der Waals surface area contributed by atoms with E-state index in [1.807, 2.05) is 18.2 Å². The molecule has 2 rings (SSSR count). The molecular formula is C14H19N3OS. The predicted octanol–water partition coefficient (Wildman–Crippen LogP) is 2.76. The largest absolute Gasteiger partial charge is 0.339 e. The third-order valence-electron chi connectivity index (χ3n) is 2.74. The lowest BCUT2D eigenvalue weighted by atomic mass is 10.0. The van der Waals surface area contributed by atoms with Gasteiger partial charge in [0.25, 0.3) is 0 Å². The number of hydrogen-bond acceptors (Lipinski definition) is 5. The van der Waals surface area contributed by atoms with Crippen molar-refractivity contribution in [2.75, 3.05) is 0 Å². The van der Waals surface area contributed by atoms with E-state index in [2.05, 4.69) is 30.1 Å². The first-order valence-corrected chi connectivity index (χ1v) is 7.44. The highest BCUT2D eigenvalue weighted by atomic mass is 32.2. The minimum Gasteiger partial charge on any atom is -0.339 e. The van der Waals surface area contributed by atoms with Crippen LogP contribution in [0.15, 0.2) is 28.8 Å². The van der Waals surface area contributed by atoms with Crippen molar-refractivity contribution in [2.45, 2.75) is 37.8 Å². The molecule has 0 saturated carbocycles. The molecule has 0 aliphatic rings. The molecule has 0 aliphatic carbocycles. The SMILES string of the molecule is CC(C)SCc1noc(Cc2ccccc2CN)n1. The van der Waals surface area contributed by atoms with Crippen LogP contribution in [0.3, 0.4) is 0 Å². The molecule has 0 bridgehead atoms. The van der Waals surface area contributed by atoms with Crippen molar-refractivity contribution in [3.05, 3.63) is 47.1 Å². The van der Waals surface area contributed by atoms with Crippen molar-refractivity contribution >= 4 is 11.8 Å². The fraction of sp³-hybridized carbons (Fsp3) is 0.429. The van der Waals surface area contributed by atoms with E-state index in [9.17, 15) is 0 Å². The van der Waals surface area contributed by atoms with E-state index in [0.717, 1.165) is 22.7 Å². The molecule has 102 valence electrons. The van der Waals surface area contributed by atoms with Gasteiger partial charge in [0.15, 0.2) is 5.82 Å². The van der Waals surface area contributed by atoms with E-state index in [1.165, 1.54) is 0 Å². The molecular weight excluding hydrogens is 258 g/mol. The van der Waals surface area contributed by atoms with Gasteiger partial charge in [-0.2, -0.15) is 16.7 Å². The summed E-state index contributed by atoms with van der Waals surface area (Å²) >= 11 is 1.81. The lowest BCUT2D eigenvalue weighted by Gasteiger charge is -2.03. The lowest BCUT2D eigenvalue weighted by Crippen LogP contribution is -2.02. The van der Waals surface area contributed by atoms with Crippen LogP contribution in [-0.2, 0) is 18.7 Å². The average Bonchev–Trinajstić information content (AvgIpc) is 2.85. The van der Waals surface area contributed by atoms with Gasteiger partial charge < -0.3 is 10.3 Å². The zero-order chi connectivity index (χ0) is 13.7. The van der Waals surface area contributed by atoms with Crippen LogP contribution in [0, 0.1) is 0 Å². The monoisotopic (exact) mass is 277 g/mol. The molecule has 5 heteroatoms. The number of nitrogens with zero attached hydrogens (tertiary/aromatic N) is 2. The highest BCUT2D eigenvalue weighted by Gasteiger charge is 2.09. The molecule has 19 heavy (non-hydrogen) atoms. The zero-order valence-corrected chi connectivity index (χ0v) is 12.1. The molecule has 0 fully saturated rings. The van der Waals surface area contributed by atoms with E-state index in [0.29, 0.717) is 24.1 Å². The van der Waals surface area contributed by atoms with Gasteiger partial charge in [0.05, 0.1) is 12.2 Å². The maximum absolute atomic E-state index is 5.72. The Hall–Kier alpha value is -1.33. The summed E-state index contributed by atoms with van der Waals surface area (Å²) in [7, 11) is 0. The van der Waals surface area contributed by atoms with Gasteiger partial charge in [0.2, 0.25) is 5.89 Å². The third-order valence-corrected chi connectivity index (χ3v) is 3.83. The van der Waals surface area contributed by atoms with Crippen LogP contribution in [0.4, 0.5) is 0 Å². The Morgan fingerprint density at radius 2 is 2.00 bits per heavy atom. The minimum atomic E-state index is 0.528. The smallest absolute Gasteiger partial charge is 0.231 e. The number of thioether (sulfide) groups is 1. The van der Waals surface area contributed by atoms with Gasteiger partial charge in [-0.1, -0.05) is 43.3 Å². The molecule has 1 aromatic heterocycles. The van der Waals surface area contributed by atoms with Crippen LogP contribution in [0.25, 0.3) is 0 Å². The number of hydrogen-bond donors (Lipinski definition) is 1. The Morgan fingerprint density at radius 3 is 2.68 bits per heavy atom. The standard InChI is InChI=1S/C14H19N3OS/c1-10(2)19-9-13-16-14(18-17-13)7-11-5-3-4-6-12(11)8-15/h3-6,10H,7-9,15H2,1-2H3. The summed E-state index contributed by atoms with van der Waals surface area (Å²) < 4.78 is 5.29. The first-order valence-electron chi connectivity index (χ1n) is 6.39. The zero-order valence-electron chi connectivity index (χ0n) is 11.3. The van der Waals surface area contributed by atoms with Crippen molar-refractivity contribution in [1.82, 2.24) is 10.1 Å². The molecule has 0 unspecified atom stereocenters. The maximum Gasteiger partial charge on any atom is 0.231 e. The van der Waals surface area contributed by atoms with Gasteiger partial charge in [-0.05, 0) is 16.4 Å². The fourth-order valence-electron chi connectivity index (χ4n) is 1.75. The van der Waals surface area contributed by atoms with E-state index in [4.69, 9.17) is 10.3 Å². The first-order chi connectivity index (χ1) is 9.19. The van der Waals surface area contributed by atoms with Crippen LogP contribution in [-0.4, -0.2) is 15.4 Å². The molecule has 0 amide bonds. The lowest BCUT2D eigenvalue weighted by molar-refractivity contribution is 0.380. The van der Waals surface area contributed by atoms with Crippen molar-refractivity contribution < 1.29 is 4.52 Å². The topological polar surface area (TPSA) is 64.9 Å². The Labute approximate surface area is 117 Å². The van der Waals surface area contributed by atoms with Crippen molar-refractivity contribution in [3.8, 4) is 0 Å². The Bertz CT molecular complexity index is 525. The second-order valence-corrected chi connectivity index (χ2v) is 6.18. The molecule has 0 aliphatic heterocycles. The van der Waals surface area contributed by atoms with Gasteiger partial charge in [0.1, 0.15) is 0 Å². The molecule has 1 heterocycles. The molecule has 0 atom stereocenters. The van der Waals surface area contributed by atoms with Gasteiger partial charge >= 0.3 is 0 Å². The van der Waals surface area contributed by atoms with Crippen molar-refractivity contribution in [1.29, 1.82) is 0 Å². The van der Waals surface area contributed by atoms with Crippen LogP contribution < -0.4 is 5.73 Å². The summed E-state index contributed by atoms with van der Waals surface area (Å²) in [6.45, 7) is 4.84. The van der Waals surface area contributed by atoms with Gasteiger partial charge in [-0.3, -0.25) is 0 Å². The van der Waals surface area contributed by atoms with Gasteiger partial charge in [-0.25, -0.2) is 0 Å². The second-order valence-electron chi connectivity index (χ2n) is 4.61. The molecule has 4 nitrogen and oxygen atoms in total. The fourth-order valence-corrected chi connectivity index (χ4v) is 2.35. The summed E-state index contributed by atoms with van der Waals surface area (Å²) in [6.07, 6.45) is 0.646. The van der Waals surface area contributed by atoms with Crippen LogP contribution in [0.2, 0.25) is 0 Å². The molecule has 2 N–H and O–H groups in total. The van der Waals surface area contributed by atoms with Crippen molar-refractivity contribution in [3.63, 3.8) is 0 Å². The second kappa shape index (κ2) is 6.73. The highest BCUT2D eigenvalue weighted by molar-refractivity contribution is 7.99. The summed E-state index contributed by atoms with van der Waals surface area (Å²) in [5.41, 5.74) is 7.99. The van der Waals surface area contributed by atoms with E-state index in [-0.39, 0.29) is 0 Å². The van der Waals surface area contributed by atoms with Crippen LogP contribution in [0.1, 0.15) is 36.7 Å². The number of benzene rings is 1.